The van der Waals surface area contributed by atoms with Crippen LogP contribution >= 0.6 is 0 Å². The van der Waals surface area contributed by atoms with Crippen LogP contribution in [-0.4, -0.2) is 17.9 Å². The topological polar surface area (TPSA) is 72.2 Å². The van der Waals surface area contributed by atoms with Gasteiger partial charge in [0.25, 0.3) is 0 Å². The van der Waals surface area contributed by atoms with E-state index >= 15 is 0 Å². The molecule has 2 amide bonds. The van der Waals surface area contributed by atoms with Crippen molar-refractivity contribution >= 4 is 11.8 Å². The second-order valence-electron chi connectivity index (χ2n) is 4.86. The molecule has 2 rings (SSSR count). The molecule has 0 radical (unpaired) electrons. The van der Waals surface area contributed by atoms with Crippen LogP contribution in [0.1, 0.15) is 24.8 Å². The Kier molecular flexibility index (Phi) is 3.97. The highest BCUT2D eigenvalue weighted by Gasteiger charge is 2.29. The summed E-state index contributed by atoms with van der Waals surface area (Å²) >= 11 is 0. The van der Waals surface area contributed by atoms with Gasteiger partial charge in [-0.05, 0) is 17.9 Å². The number of carbonyl (C=O) groups is 2. The molecule has 3 N–H and O–H groups in total. The van der Waals surface area contributed by atoms with E-state index in [0.717, 1.165) is 18.4 Å². The summed E-state index contributed by atoms with van der Waals surface area (Å²) in [5, 5.41) is 2.72. The Hall–Kier alpha value is -1.84. The predicted octanol–water partition coefficient (Wildman–Crippen LogP) is 0.999. The van der Waals surface area contributed by atoms with E-state index in [1.165, 1.54) is 0 Å². The maximum Gasteiger partial charge on any atom is 0.240 e. The maximum atomic E-state index is 11.8. The number of nitrogens with two attached hydrogens (primary N) is 1. The van der Waals surface area contributed by atoms with Crippen molar-refractivity contribution in [1.82, 2.24) is 5.32 Å². The van der Waals surface area contributed by atoms with E-state index in [1.807, 2.05) is 30.3 Å². The van der Waals surface area contributed by atoms with Gasteiger partial charge in [0, 0.05) is 0 Å². The van der Waals surface area contributed by atoms with Gasteiger partial charge in [-0.2, -0.15) is 0 Å². The molecular formula is C14H18N2O2. The lowest BCUT2D eigenvalue weighted by molar-refractivity contribution is -0.127. The van der Waals surface area contributed by atoms with Crippen molar-refractivity contribution in [3.63, 3.8) is 0 Å². The van der Waals surface area contributed by atoms with E-state index in [-0.39, 0.29) is 12.3 Å². The van der Waals surface area contributed by atoms with Gasteiger partial charge in [0.05, 0.1) is 6.42 Å². The van der Waals surface area contributed by atoms with Crippen molar-refractivity contribution in [2.24, 2.45) is 11.7 Å². The average molecular weight is 246 g/mol. The summed E-state index contributed by atoms with van der Waals surface area (Å²) in [6.07, 6.45) is 3.24. The predicted molar refractivity (Wildman–Crippen MR) is 68.6 cm³/mol. The zero-order valence-electron chi connectivity index (χ0n) is 10.3. The van der Waals surface area contributed by atoms with Gasteiger partial charge in [-0.3, -0.25) is 9.59 Å². The zero-order chi connectivity index (χ0) is 13.0. The Bertz CT molecular complexity index is 427. The van der Waals surface area contributed by atoms with Crippen LogP contribution in [-0.2, 0) is 16.0 Å². The molecule has 96 valence electrons. The first-order chi connectivity index (χ1) is 8.65. The van der Waals surface area contributed by atoms with Gasteiger partial charge in [-0.1, -0.05) is 43.2 Å². The van der Waals surface area contributed by atoms with Gasteiger partial charge in [0.2, 0.25) is 11.8 Å². The first-order valence-corrected chi connectivity index (χ1v) is 6.28. The number of hydrogen-bond donors (Lipinski definition) is 2. The first kappa shape index (κ1) is 12.6. The number of hydrogen-bond acceptors (Lipinski definition) is 2. The van der Waals surface area contributed by atoms with Crippen molar-refractivity contribution in [3.05, 3.63) is 35.9 Å². The van der Waals surface area contributed by atoms with Crippen molar-refractivity contribution in [3.8, 4) is 0 Å². The van der Waals surface area contributed by atoms with Crippen LogP contribution in [0.4, 0.5) is 0 Å². The van der Waals surface area contributed by atoms with Crippen LogP contribution in [0.2, 0.25) is 0 Å². The van der Waals surface area contributed by atoms with E-state index in [2.05, 4.69) is 5.32 Å². The minimum Gasteiger partial charge on any atom is -0.368 e. The molecule has 1 fully saturated rings. The van der Waals surface area contributed by atoms with E-state index < -0.39 is 11.9 Å². The molecule has 1 atom stereocenters. The summed E-state index contributed by atoms with van der Waals surface area (Å²) in [4.78, 5) is 23.1. The lowest BCUT2D eigenvalue weighted by Crippen LogP contribution is -2.45. The molecule has 1 aliphatic carbocycles. The molecule has 0 unspecified atom stereocenters. The Morgan fingerprint density at radius 3 is 2.50 bits per heavy atom. The summed E-state index contributed by atoms with van der Waals surface area (Å²) < 4.78 is 0. The zero-order valence-corrected chi connectivity index (χ0v) is 10.3. The summed E-state index contributed by atoms with van der Waals surface area (Å²) in [5.41, 5.74) is 6.24. The van der Waals surface area contributed by atoms with Crippen LogP contribution in [0.25, 0.3) is 0 Å². The van der Waals surface area contributed by atoms with E-state index in [9.17, 15) is 9.59 Å². The molecule has 4 nitrogen and oxygen atoms in total. The van der Waals surface area contributed by atoms with Gasteiger partial charge in [-0.15, -0.1) is 0 Å². The van der Waals surface area contributed by atoms with Gasteiger partial charge in [0.15, 0.2) is 0 Å². The maximum absolute atomic E-state index is 11.8. The van der Waals surface area contributed by atoms with E-state index in [4.69, 9.17) is 5.73 Å². The van der Waals surface area contributed by atoms with Crippen molar-refractivity contribution in [2.45, 2.75) is 31.7 Å². The minimum absolute atomic E-state index is 0.148. The highest BCUT2D eigenvalue weighted by molar-refractivity contribution is 5.87. The third-order valence-electron chi connectivity index (χ3n) is 3.15. The molecule has 4 heteroatoms. The highest BCUT2D eigenvalue weighted by atomic mass is 16.2. The Morgan fingerprint density at radius 1 is 1.28 bits per heavy atom. The lowest BCUT2D eigenvalue weighted by atomic mass is 10.1. The standard InChI is InChI=1S/C14H18N2O2/c15-14(18)12(8-11-6-7-11)16-13(17)9-10-4-2-1-3-5-10/h1-5,11-12H,6-9H2,(H2,15,18)(H,16,17)/t12-/m1/s1. The quantitative estimate of drug-likeness (QED) is 0.786. The number of amides is 2. The van der Waals surface area contributed by atoms with Crippen molar-refractivity contribution in [1.29, 1.82) is 0 Å². The number of rotatable bonds is 6. The Morgan fingerprint density at radius 2 is 1.94 bits per heavy atom. The van der Waals surface area contributed by atoms with Crippen LogP contribution < -0.4 is 11.1 Å². The van der Waals surface area contributed by atoms with Gasteiger partial charge in [-0.25, -0.2) is 0 Å². The number of carbonyl (C=O) groups excluding carboxylic acids is 2. The minimum atomic E-state index is -0.520. The molecule has 1 saturated carbocycles. The third kappa shape index (κ3) is 3.87. The summed E-state index contributed by atoms with van der Waals surface area (Å²) in [6.45, 7) is 0. The first-order valence-electron chi connectivity index (χ1n) is 6.28. The third-order valence-corrected chi connectivity index (χ3v) is 3.15. The molecule has 0 spiro atoms. The number of primary amides is 1. The summed E-state index contributed by atoms with van der Waals surface area (Å²) in [5.74, 6) is -0.0338. The van der Waals surface area contributed by atoms with Crippen LogP contribution in [0.5, 0.6) is 0 Å². The number of benzene rings is 1. The molecule has 0 aliphatic heterocycles. The molecule has 0 saturated heterocycles. The van der Waals surface area contributed by atoms with Crippen LogP contribution in [0, 0.1) is 5.92 Å². The highest BCUT2D eigenvalue weighted by Crippen LogP contribution is 2.33. The molecule has 0 bridgehead atoms. The van der Waals surface area contributed by atoms with Crippen LogP contribution in [0.15, 0.2) is 30.3 Å². The molecule has 1 aromatic carbocycles. The second kappa shape index (κ2) is 5.67. The van der Waals surface area contributed by atoms with Gasteiger partial charge >= 0.3 is 0 Å². The smallest absolute Gasteiger partial charge is 0.240 e. The van der Waals surface area contributed by atoms with Crippen LogP contribution in [0.3, 0.4) is 0 Å². The second-order valence-corrected chi connectivity index (χ2v) is 4.86. The number of nitrogens with one attached hydrogen (secondary N) is 1. The molecule has 1 aliphatic rings. The molecule has 18 heavy (non-hydrogen) atoms. The molecular weight excluding hydrogens is 228 g/mol. The van der Waals surface area contributed by atoms with E-state index in [1.54, 1.807) is 0 Å². The fourth-order valence-corrected chi connectivity index (χ4v) is 1.96. The lowest BCUT2D eigenvalue weighted by Gasteiger charge is -2.15. The Labute approximate surface area is 107 Å². The normalized spacial score (nSPS) is 16.0. The average Bonchev–Trinajstić information content (AvgIpc) is 3.13. The largest absolute Gasteiger partial charge is 0.368 e. The van der Waals surface area contributed by atoms with Crippen molar-refractivity contribution in [2.75, 3.05) is 0 Å². The fourth-order valence-electron chi connectivity index (χ4n) is 1.96. The summed E-state index contributed by atoms with van der Waals surface area (Å²) in [6, 6.07) is 8.94. The SMILES string of the molecule is NC(=O)[C@@H](CC1CC1)NC(=O)Cc1ccccc1. The molecule has 0 heterocycles. The monoisotopic (exact) mass is 246 g/mol. The summed E-state index contributed by atoms with van der Waals surface area (Å²) in [7, 11) is 0. The molecule has 1 aromatic rings. The molecule has 0 aromatic heterocycles. The fraction of sp³-hybridized carbons (Fsp3) is 0.429. The Balaban J connectivity index is 1.86. The van der Waals surface area contributed by atoms with Crippen molar-refractivity contribution < 1.29 is 9.59 Å². The van der Waals surface area contributed by atoms with Gasteiger partial charge < -0.3 is 11.1 Å². The van der Waals surface area contributed by atoms with E-state index in [0.29, 0.717) is 12.3 Å². The van der Waals surface area contributed by atoms with Gasteiger partial charge in [0.1, 0.15) is 6.04 Å².